The summed E-state index contributed by atoms with van der Waals surface area (Å²) in [6, 6.07) is 2.04. The second kappa shape index (κ2) is 6.41. The summed E-state index contributed by atoms with van der Waals surface area (Å²) in [5.74, 6) is 0.673. The first kappa shape index (κ1) is 13.6. The quantitative estimate of drug-likeness (QED) is 0.910. The predicted molar refractivity (Wildman–Crippen MR) is 79.6 cm³/mol. The van der Waals surface area contributed by atoms with Crippen LogP contribution in [-0.2, 0) is 6.54 Å². The van der Waals surface area contributed by atoms with Crippen LogP contribution in [-0.4, -0.2) is 16.5 Å². The van der Waals surface area contributed by atoms with Gasteiger partial charge >= 0.3 is 0 Å². The molecule has 96 valence electrons. The maximum atomic E-state index is 4.44. The highest BCUT2D eigenvalue weighted by atomic mass is 79.9. The highest BCUT2D eigenvalue weighted by Crippen LogP contribution is 2.26. The Balaban J connectivity index is 2.02. The molecule has 0 saturated carbocycles. The van der Waals surface area contributed by atoms with Gasteiger partial charge in [-0.15, -0.1) is 11.3 Å². The van der Waals surface area contributed by atoms with E-state index < -0.39 is 0 Å². The van der Waals surface area contributed by atoms with E-state index in [1.165, 1.54) is 4.88 Å². The number of thiazole rings is 1. The SMILES string of the molecule is CC(C)CNCc1cnc(-c2cncc(Br)c2)s1. The number of rotatable bonds is 5. The van der Waals surface area contributed by atoms with Gasteiger partial charge in [-0.05, 0) is 34.5 Å². The van der Waals surface area contributed by atoms with Crippen molar-refractivity contribution in [2.75, 3.05) is 6.54 Å². The Morgan fingerprint density at radius 2 is 2.17 bits per heavy atom. The molecule has 2 heterocycles. The highest BCUT2D eigenvalue weighted by molar-refractivity contribution is 9.10. The molecule has 0 bridgehead atoms. The summed E-state index contributed by atoms with van der Waals surface area (Å²) in [6.07, 6.45) is 5.56. The van der Waals surface area contributed by atoms with E-state index in [1.807, 2.05) is 18.5 Å². The van der Waals surface area contributed by atoms with E-state index in [-0.39, 0.29) is 0 Å². The first-order valence-electron chi connectivity index (χ1n) is 5.91. The average Bonchev–Trinajstić information content (AvgIpc) is 2.77. The summed E-state index contributed by atoms with van der Waals surface area (Å²) in [5, 5.41) is 4.44. The number of nitrogens with one attached hydrogen (secondary N) is 1. The molecule has 2 aromatic rings. The van der Waals surface area contributed by atoms with Gasteiger partial charge in [0.15, 0.2) is 0 Å². The van der Waals surface area contributed by atoms with Gasteiger partial charge in [0.25, 0.3) is 0 Å². The number of nitrogens with zero attached hydrogens (tertiary/aromatic N) is 2. The predicted octanol–water partition coefficient (Wildman–Crippen LogP) is 3.71. The summed E-state index contributed by atoms with van der Waals surface area (Å²) < 4.78 is 0.981. The summed E-state index contributed by atoms with van der Waals surface area (Å²) in [7, 11) is 0. The van der Waals surface area contributed by atoms with Crippen molar-refractivity contribution in [2.24, 2.45) is 5.92 Å². The molecule has 18 heavy (non-hydrogen) atoms. The Bertz CT molecular complexity index is 510. The number of hydrogen-bond donors (Lipinski definition) is 1. The maximum absolute atomic E-state index is 4.44. The number of halogens is 1. The molecule has 5 heteroatoms. The molecule has 0 fully saturated rings. The van der Waals surface area contributed by atoms with Crippen molar-refractivity contribution in [1.29, 1.82) is 0 Å². The minimum Gasteiger partial charge on any atom is -0.312 e. The van der Waals surface area contributed by atoms with Crippen LogP contribution in [0.1, 0.15) is 18.7 Å². The molecule has 0 atom stereocenters. The molecule has 0 amide bonds. The Morgan fingerprint density at radius 1 is 1.33 bits per heavy atom. The van der Waals surface area contributed by atoms with E-state index in [0.717, 1.165) is 28.1 Å². The lowest BCUT2D eigenvalue weighted by molar-refractivity contribution is 0.554. The van der Waals surface area contributed by atoms with Crippen molar-refractivity contribution >= 4 is 27.3 Å². The molecule has 0 aliphatic heterocycles. The molecular weight excluding hydrogens is 310 g/mol. The Morgan fingerprint density at radius 3 is 2.89 bits per heavy atom. The van der Waals surface area contributed by atoms with Crippen molar-refractivity contribution in [3.05, 3.63) is 34.0 Å². The molecule has 0 aliphatic carbocycles. The van der Waals surface area contributed by atoms with Gasteiger partial charge in [0.05, 0.1) is 0 Å². The van der Waals surface area contributed by atoms with Crippen LogP contribution in [0.2, 0.25) is 0 Å². The van der Waals surface area contributed by atoms with E-state index in [0.29, 0.717) is 5.92 Å². The van der Waals surface area contributed by atoms with Gasteiger partial charge in [-0.25, -0.2) is 4.98 Å². The Labute approximate surface area is 120 Å². The lowest BCUT2D eigenvalue weighted by Crippen LogP contribution is -2.18. The zero-order valence-corrected chi connectivity index (χ0v) is 12.9. The van der Waals surface area contributed by atoms with Gasteiger partial charge < -0.3 is 5.32 Å². The van der Waals surface area contributed by atoms with Crippen LogP contribution in [0.4, 0.5) is 0 Å². The van der Waals surface area contributed by atoms with Crippen molar-refractivity contribution in [2.45, 2.75) is 20.4 Å². The fourth-order valence-corrected chi connectivity index (χ4v) is 2.76. The standard InChI is InChI=1S/C13H16BrN3S/c1-9(2)4-15-7-12-8-17-13(18-12)10-3-11(14)6-16-5-10/h3,5-6,8-9,15H,4,7H2,1-2H3. The van der Waals surface area contributed by atoms with Gasteiger partial charge in [0.1, 0.15) is 5.01 Å². The third-order valence-electron chi connectivity index (χ3n) is 2.36. The molecule has 0 saturated heterocycles. The minimum atomic E-state index is 0.673. The topological polar surface area (TPSA) is 37.8 Å². The van der Waals surface area contributed by atoms with Crippen molar-refractivity contribution in [3.8, 4) is 10.6 Å². The van der Waals surface area contributed by atoms with Gasteiger partial charge in [-0.2, -0.15) is 0 Å². The van der Waals surface area contributed by atoms with Gasteiger partial charge in [0, 0.05) is 40.0 Å². The zero-order valence-electron chi connectivity index (χ0n) is 10.5. The van der Waals surface area contributed by atoms with E-state index in [9.17, 15) is 0 Å². The summed E-state index contributed by atoms with van der Waals surface area (Å²) in [4.78, 5) is 9.86. The van der Waals surface area contributed by atoms with E-state index >= 15 is 0 Å². The number of hydrogen-bond acceptors (Lipinski definition) is 4. The average molecular weight is 326 g/mol. The third-order valence-corrected chi connectivity index (χ3v) is 3.84. The van der Waals surface area contributed by atoms with Gasteiger partial charge in [-0.3, -0.25) is 4.98 Å². The third kappa shape index (κ3) is 3.86. The Hall–Kier alpha value is -0.780. The number of aromatic nitrogens is 2. The zero-order chi connectivity index (χ0) is 13.0. The van der Waals surface area contributed by atoms with Crippen LogP contribution in [0.15, 0.2) is 29.1 Å². The lowest BCUT2D eigenvalue weighted by Gasteiger charge is -2.04. The summed E-state index contributed by atoms with van der Waals surface area (Å²) >= 11 is 5.14. The van der Waals surface area contributed by atoms with Crippen LogP contribution < -0.4 is 5.32 Å². The largest absolute Gasteiger partial charge is 0.312 e. The molecule has 2 rings (SSSR count). The van der Waals surface area contributed by atoms with E-state index in [2.05, 4.69) is 45.1 Å². The monoisotopic (exact) mass is 325 g/mol. The molecule has 2 aromatic heterocycles. The first-order chi connectivity index (χ1) is 8.65. The van der Waals surface area contributed by atoms with Crippen LogP contribution in [0, 0.1) is 5.92 Å². The highest BCUT2D eigenvalue weighted by Gasteiger charge is 2.05. The van der Waals surface area contributed by atoms with Crippen molar-refractivity contribution in [1.82, 2.24) is 15.3 Å². The smallest absolute Gasteiger partial charge is 0.125 e. The fourth-order valence-electron chi connectivity index (χ4n) is 1.54. The molecule has 0 aliphatic rings. The van der Waals surface area contributed by atoms with Gasteiger partial charge in [-0.1, -0.05) is 13.8 Å². The van der Waals surface area contributed by atoms with Crippen LogP contribution >= 0.6 is 27.3 Å². The van der Waals surface area contributed by atoms with Crippen LogP contribution in [0.5, 0.6) is 0 Å². The fraction of sp³-hybridized carbons (Fsp3) is 0.385. The van der Waals surface area contributed by atoms with E-state index in [1.54, 1.807) is 17.5 Å². The Kier molecular flexibility index (Phi) is 4.86. The molecular formula is C13H16BrN3S. The van der Waals surface area contributed by atoms with Crippen molar-refractivity contribution in [3.63, 3.8) is 0 Å². The second-order valence-electron chi connectivity index (χ2n) is 4.55. The van der Waals surface area contributed by atoms with Crippen LogP contribution in [0.3, 0.4) is 0 Å². The second-order valence-corrected chi connectivity index (χ2v) is 6.58. The molecule has 0 unspecified atom stereocenters. The molecule has 0 radical (unpaired) electrons. The van der Waals surface area contributed by atoms with Crippen LogP contribution in [0.25, 0.3) is 10.6 Å². The number of pyridine rings is 1. The normalized spacial score (nSPS) is 11.1. The molecule has 3 nitrogen and oxygen atoms in total. The summed E-state index contributed by atoms with van der Waals surface area (Å²) in [6.45, 7) is 6.33. The maximum Gasteiger partial charge on any atom is 0.125 e. The lowest BCUT2D eigenvalue weighted by atomic mass is 10.2. The molecule has 1 N–H and O–H groups in total. The van der Waals surface area contributed by atoms with E-state index in [4.69, 9.17) is 0 Å². The summed E-state index contributed by atoms with van der Waals surface area (Å²) in [5.41, 5.74) is 1.06. The first-order valence-corrected chi connectivity index (χ1v) is 7.52. The molecule has 0 spiro atoms. The van der Waals surface area contributed by atoms with Gasteiger partial charge in [0.2, 0.25) is 0 Å². The minimum absolute atomic E-state index is 0.673. The van der Waals surface area contributed by atoms with Crippen molar-refractivity contribution < 1.29 is 0 Å². The molecule has 0 aromatic carbocycles.